The zero-order valence-electron chi connectivity index (χ0n) is 11.4. The number of thioether (sulfide) groups is 1. The van der Waals surface area contributed by atoms with E-state index in [4.69, 9.17) is 16.9 Å². The quantitative estimate of drug-likeness (QED) is 0.802. The highest BCUT2D eigenvalue weighted by Crippen LogP contribution is 2.33. The summed E-state index contributed by atoms with van der Waals surface area (Å²) in [5, 5.41) is 9.81. The average Bonchev–Trinajstić information content (AvgIpc) is 2.98. The number of hydrogen-bond donors (Lipinski definition) is 0. The standard InChI is InChI=1S/C15H15ClN4S/c16-12-3-1-2-4-13(12)21-11-6-8-20(10-11)15-5-7-18-14(9-17)19-15/h1-5,7,11-13H,6,8,10H2. The fraction of sp³-hybridized carbons (Fsp3) is 0.400. The Balaban J connectivity index is 1.61. The van der Waals surface area contributed by atoms with Gasteiger partial charge in [-0.2, -0.15) is 5.26 Å². The Morgan fingerprint density at radius 2 is 2.24 bits per heavy atom. The third-order valence-electron chi connectivity index (χ3n) is 3.58. The summed E-state index contributed by atoms with van der Waals surface area (Å²) in [6, 6.07) is 3.85. The van der Waals surface area contributed by atoms with Crippen LogP contribution in [0.15, 0.2) is 36.6 Å². The van der Waals surface area contributed by atoms with Gasteiger partial charge >= 0.3 is 0 Å². The molecule has 1 aromatic rings. The molecule has 4 nitrogen and oxygen atoms in total. The van der Waals surface area contributed by atoms with Crippen LogP contribution in [0.5, 0.6) is 0 Å². The molecular weight excluding hydrogens is 304 g/mol. The van der Waals surface area contributed by atoms with Crippen molar-refractivity contribution in [2.45, 2.75) is 22.3 Å². The van der Waals surface area contributed by atoms with Crippen molar-refractivity contribution >= 4 is 29.2 Å². The maximum Gasteiger partial charge on any atom is 0.234 e. The van der Waals surface area contributed by atoms with Crippen LogP contribution in [0.2, 0.25) is 0 Å². The topological polar surface area (TPSA) is 52.8 Å². The summed E-state index contributed by atoms with van der Waals surface area (Å²) >= 11 is 8.25. The molecule has 0 spiro atoms. The van der Waals surface area contributed by atoms with Crippen LogP contribution in [0, 0.1) is 11.3 Å². The Labute approximate surface area is 133 Å². The SMILES string of the molecule is N#Cc1nccc(N2CCC(SC3C=CC=CC3Cl)C2)n1. The molecule has 1 fully saturated rings. The Bertz CT molecular complexity index is 610. The molecule has 0 saturated carbocycles. The number of halogens is 1. The van der Waals surface area contributed by atoms with Gasteiger partial charge < -0.3 is 4.90 Å². The number of alkyl halides is 1. The first-order chi connectivity index (χ1) is 10.3. The van der Waals surface area contributed by atoms with E-state index in [9.17, 15) is 0 Å². The molecule has 0 N–H and O–H groups in total. The predicted octanol–water partition coefficient (Wildman–Crippen LogP) is 2.76. The zero-order chi connectivity index (χ0) is 14.7. The summed E-state index contributed by atoms with van der Waals surface area (Å²) in [5.41, 5.74) is 0. The number of allylic oxidation sites excluding steroid dienone is 3. The van der Waals surface area contributed by atoms with Gasteiger partial charge in [0.15, 0.2) is 0 Å². The van der Waals surface area contributed by atoms with Crippen molar-refractivity contribution in [2.24, 2.45) is 0 Å². The molecule has 2 aliphatic rings. The van der Waals surface area contributed by atoms with Crippen LogP contribution < -0.4 is 4.90 Å². The van der Waals surface area contributed by atoms with Gasteiger partial charge in [0.25, 0.3) is 0 Å². The van der Waals surface area contributed by atoms with Gasteiger partial charge in [-0.25, -0.2) is 9.97 Å². The van der Waals surface area contributed by atoms with E-state index >= 15 is 0 Å². The van der Waals surface area contributed by atoms with E-state index in [-0.39, 0.29) is 11.2 Å². The lowest BCUT2D eigenvalue weighted by atomic mass is 10.2. The highest BCUT2D eigenvalue weighted by Gasteiger charge is 2.28. The minimum absolute atomic E-state index is 0.0679. The molecule has 1 aliphatic heterocycles. The number of nitrogens with zero attached hydrogens (tertiary/aromatic N) is 4. The summed E-state index contributed by atoms with van der Waals surface area (Å²) in [6.45, 7) is 1.89. The first kappa shape index (κ1) is 14.4. The van der Waals surface area contributed by atoms with Crippen molar-refractivity contribution in [2.75, 3.05) is 18.0 Å². The zero-order valence-corrected chi connectivity index (χ0v) is 13.0. The van der Waals surface area contributed by atoms with E-state index < -0.39 is 0 Å². The van der Waals surface area contributed by atoms with Crippen molar-refractivity contribution in [1.82, 2.24) is 9.97 Å². The molecule has 3 unspecified atom stereocenters. The molecule has 1 aromatic heterocycles. The van der Waals surface area contributed by atoms with Gasteiger partial charge in [0, 0.05) is 29.8 Å². The second-order valence-corrected chi connectivity index (χ2v) is 7.01. The number of anilines is 1. The smallest absolute Gasteiger partial charge is 0.234 e. The Morgan fingerprint density at radius 3 is 3.05 bits per heavy atom. The molecule has 1 aliphatic carbocycles. The van der Waals surface area contributed by atoms with Crippen LogP contribution in [-0.4, -0.2) is 38.9 Å². The Morgan fingerprint density at radius 1 is 1.38 bits per heavy atom. The highest BCUT2D eigenvalue weighted by atomic mass is 35.5. The van der Waals surface area contributed by atoms with Gasteiger partial charge in [0.1, 0.15) is 11.9 Å². The summed E-state index contributed by atoms with van der Waals surface area (Å²) in [6.07, 6.45) is 11.0. The van der Waals surface area contributed by atoms with Crippen molar-refractivity contribution in [3.63, 3.8) is 0 Å². The summed E-state index contributed by atoms with van der Waals surface area (Å²) in [5.74, 6) is 1.07. The second kappa shape index (κ2) is 6.50. The first-order valence-corrected chi connectivity index (χ1v) is 8.27. The van der Waals surface area contributed by atoms with Crippen LogP contribution in [0.4, 0.5) is 5.82 Å². The third-order valence-corrected chi connectivity index (χ3v) is 5.68. The average molecular weight is 319 g/mol. The number of aromatic nitrogens is 2. The van der Waals surface area contributed by atoms with Crippen LogP contribution in [0.3, 0.4) is 0 Å². The summed E-state index contributed by atoms with van der Waals surface area (Å²) in [7, 11) is 0. The molecule has 0 bridgehead atoms. The summed E-state index contributed by atoms with van der Waals surface area (Å²) in [4.78, 5) is 10.4. The maximum absolute atomic E-state index is 8.88. The van der Waals surface area contributed by atoms with Gasteiger partial charge in [0.05, 0.1) is 5.38 Å². The number of hydrogen-bond acceptors (Lipinski definition) is 5. The van der Waals surface area contributed by atoms with E-state index in [1.54, 1.807) is 6.20 Å². The van der Waals surface area contributed by atoms with E-state index in [0.29, 0.717) is 10.5 Å². The molecule has 0 aromatic carbocycles. The van der Waals surface area contributed by atoms with Gasteiger partial charge in [-0.15, -0.1) is 23.4 Å². The number of nitriles is 1. The molecule has 2 heterocycles. The van der Waals surface area contributed by atoms with Gasteiger partial charge in [-0.05, 0) is 12.5 Å². The van der Waals surface area contributed by atoms with Crippen LogP contribution in [-0.2, 0) is 0 Å². The minimum Gasteiger partial charge on any atom is -0.355 e. The molecule has 1 saturated heterocycles. The minimum atomic E-state index is 0.0679. The number of rotatable bonds is 3. The second-order valence-electron chi connectivity index (χ2n) is 5.02. The predicted molar refractivity (Wildman–Crippen MR) is 86.7 cm³/mol. The lowest BCUT2D eigenvalue weighted by molar-refractivity contribution is 0.921. The third kappa shape index (κ3) is 3.39. The van der Waals surface area contributed by atoms with E-state index in [1.165, 1.54) is 0 Å². The summed E-state index contributed by atoms with van der Waals surface area (Å²) < 4.78 is 0. The first-order valence-electron chi connectivity index (χ1n) is 6.89. The molecule has 3 atom stereocenters. The van der Waals surface area contributed by atoms with Crippen LogP contribution >= 0.6 is 23.4 Å². The van der Waals surface area contributed by atoms with Crippen molar-refractivity contribution in [3.05, 3.63) is 42.4 Å². The maximum atomic E-state index is 8.88. The van der Waals surface area contributed by atoms with Crippen molar-refractivity contribution in [1.29, 1.82) is 5.26 Å². The van der Waals surface area contributed by atoms with E-state index in [2.05, 4.69) is 27.0 Å². The van der Waals surface area contributed by atoms with Crippen molar-refractivity contribution < 1.29 is 0 Å². The molecular formula is C15H15ClN4S. The molecule has 0 amide bonds. The van der Waals surface area contributed by atoms with Crippen LogP contribution in [0.1, 0.15) is 12.2 Å². The van der Waals surface area contributed by atoms with Crippen molar-refractivity contribution in [3.8, 4) is 6.07 Å². The lowest BCUT2D eigenvalue weighted by Crippen LogP contribution is -2.24. The Hall–Kier alpha value is -1.51. The van der Waals surface area contributed by atoms with Gasteiger partial charge in [-0.1, -0.05) is 24.3 Å². The molecule has 6 heteroatoms. The molecule has 3 rings (SSSR count). The molecule has 108 valence electrons. The van der Waals surface area contributed by atoms with Crippen LogP contribution in [0.25, 0.3) is 0 Å². The normalized spacial score (nSPS) is 27.8. The monoisotopic (exact) mass is 318 g/mol. The largest absolute Gasteiger partial charge is 0.355 e. The van der Waals surface area contributed by atoms with Gasteiger partial charge in [0.2, 0.25) is 5.82 Å². The van der Waals surface area contributed by atoms with Gasteiger partial charge in [-0.3, -0.25) is 0 Å². The lowest BCUT2D eigenvalue weighted by Gasteiger charge is -2.22. The fourth-order valence-electron chi connectivity index (χ4n) is 2.53. The highest BCUT2D eigenvalue weighted by molar-refractivity contribution is 8.00. The van der Waals surface area contributed by atoms with E-state index in [1.807, 2.05) is 36.0 Å². The van der Waals surface area contributed by atoms with E-state index in [0.717, 1.165) is 25.3 Å². The fourth-order valence-corrected chi connectivity index (χ4v) is 4.25. The Kier molecular flexibility index (Phi) is 4.47. The molecule has 0 radical (unpaired) electrons. The molecule has 21 heavy (non-hydrogen) atoms.